The molecular weight excluding hydrogens is 292 g/mol. The third kappa shape index (κ3) is 6.40. The number of rotatable bonds is 6. The van der Waals surface area contributed by atoms with Crippen molar-refractivity contribution in [3.63, 3.8) is 0 Å². The van der Waals surface area contributed by atoms with Crippen LogP contribution < -0.4 is 10.0 Å². The normalized spacial score (nSPS) is 12.8. The highest BCUT2D eigenvalue weighted by atomic mass is 32.2. The Labute approximate surface area is 125 Å². The molecule has 2 amide bonds. The maximum absolute atomic E-state index is 12.0. The Kier molecular flexibility index (Phi) is 5.90. The highest BCUT2D eigenvalue weighted by Gasteiger charge is 2.26. The minimum Gasteiger partial charge on any atom is -0.344 e. The van der Waals surface area contributed by atoms with E-state index in [9.17, 15) is 18.0 Å². The molecular formula is C14H20N2O4S. The summed E-state index contributed by atoms with van der Waals surface area (Å²) in [5.74, 6) is -1.29. The van der Waals surface area contributed by atoms with Crippen molar-refractivity contribution >= 4 is 21.8 Å². The molecule has 0 aromatic heterocycles. The Balaban J connectivity index is 2.70. The van der Waals surface area contributed by atoms with Crippen LogP contribution in [0.5, 0.6) is 0 Å². The number of hydrogen-bond acceptors (Lipinski definition) is 4. The molecule has 1 rings (SSSR count). The summed E-state index contributed by atoms with van der Waals surface area (Å²) in [5, 5.41) is 2.57. The highest BCUT2D eigenvalue weighted by Crippen LogP contribution is 2.05. The van der Waals surface area contributed by atoms with Gasteiger partial charge < -0.3 is 5.32 Å². The highest BCUT2D eigenvalue weighted by molar-refractivity contribution is 7.89. The van der Waals surface area contributed by atoms with Crippen LogP contribution in [0.4, 0.5) is 0 Å². The standard InChI is InChI=1S/C14H20N2O4S/c1-10(2)13(14(18)16-21(3,19)20)15-12(17)9-11-7-5-4-6-8-11/h4-8,10,13H,9H2,1-3H3,(H,15,17)(H,16,18)/t13-/m0/s1. The van der Waals surface area contributed by atoms with Crippen LogP contribution in [0.15, 0.2) is 30.3 Å². The summed E-state index contributed by atoms with van der Waals surface area (Å²) in [5.41, 5.74) is 0.820. The molecule has 0 aliphatic heterocycles. The van der Waals surface area contributed by atoms with Crippen LogP contribution in [0, 0.1) is 5.92 Å². The van der Waals surface area contributed by atoms with Gasteiger partial charge in [-0.15, -0.1) is 0 Å². The van der Waals surface area contributed by atoms with Crippen molar-refractivity contribution < 1.29 is 18.0 Å². The zero-order valence-corrected chi connectivity index (χ0v) is 13.1. The number of amides is 2. The molecule has 1 aromatic rings. The van der Waals surface area contributed by atoms with Crippen molar-refractivity contribution in [1.29, 1.82) is 0 Å². The smallest absolute Gasteiger partial charge is 0.256 e. The summed E-state index contributed by atoms with van der Waals surface area (Å²) in [6.45, 7) is 3.46. The molecule has 2 N–H and O–H groups in total. The van der Waals surface area contributed by atoms with Gasteiger partial charge in [0.1, 0.15) is 6.04 Å². The lowest BCUT2D eigenvalue weighted by atomic mass is 10.0. The van der Waals surface area contributed by atoms with Gasteiger partial charge in [-0.2, -0.15) is 0 Å². The maximum atomic E-state index is 12.0. The zero-order chi connectivity index (χ0) is 16.0. The Morgan fingerprint density at radius 1 is 1.14 bits per heavy atom. The molecule has 0 saturated heterocycles. The van der Waals surface area contributed by atoms with Crippen LogP contribution in [0.2, 0.25) is 0 Å². The minimum atomic E-state index is -3.65. The van der Waals surface area contributed by atoms with Crippen LogP contribution in [0.3, 0.4) is 0 Å². The van der Waals surface area contributed by atoms with E-state index in [1.807, 2.05) is 22.9 Å². The van der Waals surface area contributed by atoms with Gasteiger partial charge in [-0.25, -0.2) is 8.42 Å². The molecule has 7 heteroatoms. The van der Waals surface area contributed by atoms with Crippen molar-refractivity contribution in [2.45, 2.75) is 26.3 Å². The first-order valence-corrected chi connectivity index (χ1v) is 8.43. The molecule has 0 heterocycles. The van der Waals surface area contributed by atoms with E-state index >= 15 is 0 Å². The molecule has 0 aliphatic rings. The minimum absolute atomic E-state index is 0.135. The average molecular weight is 312 g/mol. The number of carbonyl (C=O) groups excluding carboxylic acids is 2. The number of hydrogen-bond donors (Lipinski definition) is 2. The lowest BCUT2D eigenvalue weighted by molar-refractivity contribution is -0.128. The molecule has 0 spiro atoms. The summed E-state index contributed by atoms with van der Waals surface area (Å²) < 4.78 is 24.1. The summed E-state index contributed by atoms with van der Waals surface area (Å²) in [4.78, 5) is 23.8. The van der Waals surface area contributed by atoms with Crippen molar-refractivity contribution in [3.05, 3.63) is 35.9 Å². The lowest BCUT2D eigenvalue weighted by Crippen LogP contribution is -2.51. The Morgan fingerprint density at radius 3 is 2.19 bits per heavy atom. The van der Waals surface area contributed by atoms with Crippen LogP contribution in [0.1, 0.15) is 19.4 Å². The van der Waals surface area contributed by atoms with Gasteiger partial charge in [-0.3, -0.25) is 14.3 Å². The van der Waals surface area contributed by atoms with E-state index in [4.69, 9.17) is 0 Å². The maximum Gasteiger partial charge on any atom is 0.256 e. The first-order valence-electron chi connectivity index (χ1n) is 6.54. The summed E-state index contributed by atoms with van der Waals surface area (Å²) in [6.07, 6.45) is 1.03. The lowest BCUT2D eigenvalue weighted by Gasteiger charge is -2.21. The van der Waals surface area contributed by atoms with E-state index in [-0.39, 0.29) is 18.2 Å². The first-order chi connectivity index (χ1) is 9.69. The van der Waals surface area contributed by atoms with Crippen LogP contribution in [-0.2, 0) is 26.0 Å². The molecule has 0 bridgehead atoms. The van der Waals surface area contributed by atoms with Crippen molar-refractivity contribution in [2.75, 3.05) is 6.26 Å². The molecule has 0 unspecified atom stereocenters. The Morgan fingerprint density at radius 2 is 1.71 bits per heavy atom. The number of carbonyl (C=O) groups is 2. The van der Waals surface area contributed by atoms with Crippen LogP contribution >= 0.6 is 0 Å². The van der Waals surface area contributed by atoms with E-state index in [0.29, 0.717) is 0 Å². The van der Waals surface area contributed by atoms with Crippen LogP contribution in [0.25, 0.3) is 0 Å². The Bertz CT molecular complexity index is 597. The van der Waals surface area contributed by atoms with E-state index in [2.05, 4.69) is 5.32 Å². The fourth-order valence-corrected chi connectivity index (χ4v) is 2.28. The third-order valence-corrected chi connectivity index (χ3v) is 3.33. The molecule has 0 aliphatic carbocycles. The van der Waals surface area contributed by atoms with Gasteiger partial charge in [0.25, 0.3) is 5.91 Å². The SMILES string of the molecule is CC(C)[C@H](NC(=O)Cc1ccccc1)C(=O)NS(C)(=O)=O. The molecule has 0 saturated carbocycles. The predicted molar refractivity (Wildman–Crippen MR) is 79.9 cm³/mol. The number of benzene rings is 1. The first kappa shape index (κ1) is 17.2. The van der Waals surface area contributed by atoms with Gasteiger partial charge in [-0.1, -0.05) is 44.2 Å². The van der Waals surface area contributed by atoms with Gasteiger partial charge >= 0.3 is 0 Å². The topological polar surface area (TPSA) is 92.3 Å². The molecule has 0 fully saturated rings. The molecule has 6 nitrogen and oxygen atoms in total. The van der Waals surface area contributed by atoms with Gasteiger partial charge in [0, 0.05) is 0 Å². The summed E-state index contributed by atoms with van der Waals surface area (Å²) >= 11 is 0. The van der Waals surface area contributed by atoms with Gasteiger partial charge in [0.2, 0.25) is 15.9 Å². The Hall–Kier alpha value is -1.89. The number of sulfonamides is 1. The van der Waals surface area contributed by atoms with Crippen molar-refractivity contribution in [3.8, 4) is 0 Å². The third-order valence-electron chi connectivity index (χ3n) is 2.76. The van der Waals surface area contributed by atoms with Crippen molar-refractivity contribution in [2.24, 2.45) is 5.92 Å². The second-order valence-electron chi connectivity index (χ2n) is 5.19. The fourth-order valence-electron chi connectivity index (χ4n) is 1.79. The summed E-state index contributed by atoms with van der Waals surface area (Å²) in [7, 11) is -3.65. The molecule has 1 aromatic carbocycles. The zero-order valence-electron chi connectivity index (χ0n) is 12.3. The van der Waals surface area contributed by atoms with Gasteiger partial charge in [0.15, 0.2) is 0 Å². The van der Waals surface area contributed by atoms with Crippen LogP contribution in [-0.4, -0.2) is 32.5 Å². The predicted octanol–water partition coefficient (Wildman–Crippen LogP) is 0.446. The van der Waals surface area contributed by atoms with Crippen molar-refractivity contribution in [1.82, 2.24) is 10.0 Å². The van der Waals surface area contributed by atoms with E-state index in [0.717, 1.165) is 11.8 Å². The monoisotopic (exact) mass is 312 g/mol. The second kappa shape index (κ2) is 7.21. The molecule has 0 radical (unpaired) electrons. The van der Waals surface area contributed by atoms with E-state index in [1.54, 1.807) is 26.0 Å². The second-order valence-corrected chi connectivity index (χ2v) is 6.94. The molecule has 116 valence electrons. The van der Waals surface area contributed by atoms with Gasteiger partial charge in [0.05, 0.1) is 12.7 Å². The molecule has 1 atom stereocenters. The summed E-state index contributed by atoms with van der Waals surface area (Å²) in [6, 6.07) is 8.20. The quantitative estimate of drug-likeness (QED) is 0.797. The van der Waals surface area contributed by atoms with Gasteiger partial charge in [-0.05, 0) is 11.5 Å². The van der Waals surface area contributed by atoms with E-state index < -0.39 is 22.0 Å². The van der Waals surface area contributed by atoms with E-state index in [1.165, 1.54) is 0 Å². The molecule has 21 heavy (non-hydrogen) atoms. The average Bonchev–Trinajstić information content (AvgIpc) is 2.34. The largest absolute Gasteiger partial charge is 0.344 e. The fraction of sp³-hybridized carbons (Fsp3) is 0.429. The number of nitrogens with one attached hydrogen (secondary N) is 2.